The molecule has 7 aliphatic carbocycles. The van der Waals surface area contributed by atoms with Crippen LogP contribution in [0.5, 0.6) is 0 Å². The monoisotopic (exact) mass is 296 g/mol. The highest BCUT2D eigenvalue weighted by Crippen LogP contribution is 3.00. The molecule has 0 amide bonds. The van der Waals surface area contributed by atoms with Crippen LogP contribution in [0.2, 0.25) is 0 Å². The fraction of sp³-hybridized carbons (Fsp3) is 1.00. The molecule has 0 heterocycles. The van der Waals surface area contributed by atoms with Crippen molar-refractivity contribution in [3.05, 3.63) is 0 Å². The molecule has 0 radical (unpaired) electrons. The second-order valence-corrected chi connectivity index (χ2v) is 10.9. The quantitative estimate of drug-likeness (QED) is 0.496. The lowest BCUT2D eigenvalue weighted by Crippen LogP contribution is -2.78. The van der Waals surface area contributed by atoms with Crippen molar-refractivity contribution in [1.29, 1.82) is 0 Å². The zero-order valence-corrected chi connectivity index (χ0v) is 14.3. The summed E-state index contributed by atoms with van der Waals surface area (Å²) in [5, 5.41) is 0. The second kappa shape index (κ2) is 3.11. The van der Waals surface area contributed by atoms with Crippen molar-refractivity contribution in [3.8, 4) is 0 Å². The van der Waals surface area contributed by atoms with Crippen LogP contribution in [-0.2, 0) is 0 Å². The van der Waals surface area contributed by atoms with Crippen molar-refractivity contribution in [2.24, 2.45) is 32.5 Å². The van der Waals surface area contributed by atoms with Gasteiger partial charge in [-0.1, -0.05) is 25.7 Å². The van der Waals surface area contributed by atoms with Gasteiger partial charge in [-0.25, -0.2) is 0 Å². The summed E-state index contributed by atoms with van der Waals surface area (Å²) < 4.78 is 0. The predicted octanol–water partition coefficient (Wildman–Crippen LogP) is 6.24. The molecule has 7 aliphatic rings. The van der Waals surface area contributed by atoms with Crippen molar-refractivity contribution in [2.45, 2.75) is 103 Å². The molecule has 0 unspecified atom stereocenters. The Balaban J connectivity index is 1.53. The SMILES string of the molecule is C1CC2(C1)C1(CCC1)C1(CC1)C1(CCC1)C1(CC1)C21CCC1. The molecule has 0 saturated heterocycles. The van der Waals surface area contributed by atoms with E-state index in [4.69, 9.17) is 0 Å². The Morgan fingerprint density at radius 2 is 0.409 bits per heavy atom. The van der Waals surface area contributed by atoms with Gasteiger partial charge in [0.1, 0.15) is 0 Å². The van der Waals surface area contributed by atoms with E-state index < -0.39 is 0 Å². The number of rotatable bonds is 0. The molecule has 0 nitrogen and oxygen atoms in total. The Morgan fingerprint density at radius 3 is 0.500 bits per heavy atom. The molecule has 22 heavy (non-hydrogen) atoms. The van der Waals surface area contributed by atoms with Gasteiger partial charge in [0.15, 0.2) is 0 Å². The van der Waals surface area contributed by atoms with Gasteiger partial charge in [0.05, 0.1) is 0 Å². The first-order valence-electron chi connectivity index (χ1n) is 10.7. The summed E-state index contributed by atoms with van der Waals surface area (Å²) in [6.07, 6.45) is 26.3. The van der Waals surface area contributed by atoms with Gasteiger partial charge in [-0.15, -0.1) is 0 Å². The average Bonchev–Trinajstić information content (AvgIpc) is 3.17. The van der Waals surface area contributed by atoms with Gasteiger partial charge in [0.2, 0.25) is 0 Å². The Hall–Kier alpha value is 0. The molecule has 7 saturated carbocycles. The molecule has 0 aromatic heterocycles. The molecule has 0 atom stereocenters. The van der Waals surface area contributed by atoms with Crippen LogP contribution >= 0.6 is 0 Å². The lowest BCUT2D eigenvalue weighted by molar-refractivity contribution is -0.366. The first kappa shape index (κ1) is 12.4. The minimum atomic E-state index is 0.865. The molecule has 6 spiro atoms. The Kier molecular flexibility index (Phi) is 1.75. The molecule has 0 bridgehead atoms. The number of hydrogen-bond acceptors (Lipinski definition) is 0. The fourth-order valence-corrected chi connectivity index (χ4v) is 10.9. The van der Waals surface area contributed by atoms with E-state index in [0.717, 1.165) is 32.5 Å². The summed E-state index contributed by atoms with van der Waals surface area (Å²) in [7, 11) is 0. The van der Waals surface area contributed by atoms with Gasteiger partial charge < -0.3 is 0 Å². The van der Waals surface area contributed by atoms with E-state index in [2.05, 4.69) is 0 Å². The maximum atomic E-state index is 1.66. The minimum Gasteiger partial charge on any atom is -0.0522 e. The van der Waals surface area contributed by atoms with E-state index in [9.17, 15) is 0 Å². The van der Waals surface area contributed by atoms with E-state index in [-0.39, 0.29) is 0 Å². The third-order valence-corrected chi connectivity index (χ3v) is 11.8. The first-order valence-corrected chi connectivity index (χ1v) is 10.7. The van der Waals surface area contributed by atoms with Crippen molar-refractivity contribution in [1.82, 2.24) is 0 Å². The summed E-state index contributed by atoms with van der Waals surface area (Å²) in [4.78, 5) is 0. The summed E-state index contributed by atoms with van der Waals surface area (Å²) in [6, 6.07) is 0. The van der Waals surface area contributed by atoms with E-state index in [1.807, 2.05) is 0 Å². The molecular formula is C22H32. The van der Waals surface area contributed by atoms with Crippen LogP contribution in [-0.4, -0.2) is 0 Å². The summed E-state index contributed by atoms with van der Waals surface area (Å²) >= 11 is 0. The van der Waals surface area contributed by atoms with E-state index >= 15 is 0 Å². The lowest BCUT2D eigenvalue weighted by atomic mass is 9.19. The highest BCUT2D eigenvalue weighted by atomic mass is 15.0. The maximum Gasteiger partial charge on any atom is -0.0173 e. The van der Waals surface area contributed by atoms with E-state index in [1.54, 1.807) is 103 Å². The highest BCUT2D eigenvalue weighted by Gasteiger charge is 2.92. The highest BCUT2D eigenvalue weighted by molar-refractivity contribution is 5.41. The van der Waals surface area contributed by atoms with Crippen LogP contribution in [0.4, 0.5) is 0 Å². The van der Waals surface area contributed by atoms with E-state index in [0.29, 0.717) is 0 Å². The second-order valence-electron chi connectivity index (χ2n) is 10.9. The van der Waals surface area contributed by atoms with Crippen LogP contribution in [0.15, 0.2) is 0 Å². The van der Waals surface area contributed by atoms with Crippen molar-refractivity contribution in [2.75, 3.05) is 0 Å². The molecule has 0 aromatic carbocycles. The van der Waals surface area contributed by atoms with E-state index in [1.165, 1.54) is 0 Å². The van der Waals surface area contributed by atoms with Crippen LogP contribution in [0, 0.1) is 32.5 Å². The van der Waals surface area contributed by atoms with Gasteiger partial charge in [-0.3, -0.25) is 0 Å². The van der Waals surface area contributed by atoms with Gasteiger partial charge in [-0.2, -0.15) is 0 Å². The smallest absolute Gasteiger partial charge is 0.0173 e. The summed E-state index contributed by atoms with van der Waals surface area (Å²) in [6.45, 7) is 0. The summed E-state index contributed by atoms with van der Waals surface area (Å²) in [5.41, 5.74) is 5.24. The molecule has 0 aromatic rings. The van der Waals surface area contributed by atoms with Gasteiger partial charge in [0.25, 0.3) is 0 Å². The van der Waals surface area contributed by atoms with Crippen molar-refractivity contribution in [3.63, 3.8) is 0 Å². The molecular weight excluding hydrogens is 264 g/mol. The minimum absolute atomic E-state index is 0.865. The molecule has 0 aliphatic heterocycles. The fourth-order valence-electron chi connectivity index (χ4n) is 10.9. The molecule has 0 heteroatoms. The zero-order valence-electron chi connectivity index (χ0n) is 14.3. The van der Waals surface area contributed by atoms with Crippen molar-refractivity contribution >= 4 is 0 Å². The van der Waals surface area contributed by atoms with Crippen molar-refractivity contribution < 1.29 is 0 Å². The number of hydrogen-bond donors (Lipinski definition) is 0. The summed E-state index contributed by atoms with van der Waals surface area (Å²) in [5.74, 6) is 0. The molecule has 120 valence electrons. The first-order chi connectivity index (χ1) is 10.7. The Bertz CT molecular complexity index is 515. The van der Waals surface area contributed by atoms with Gasteiger partial charge in [0, 0.05) is 0 Å². The maximum absolute atomic E-state index is 1.66. The third kappa shape index (κ3) is 0.783. The average molecular weight is 296 g/mol. The van der Waals surface area contributed by atoms with Gasteiger partial charge >= 0.3 is 0 Å². The Morgan fingerprint density at radius 1 is 0.227 bits per heavy atom. The largest absolute Gasteiger partial charge is 0.0522 e. The standard InChI is InChI=1S/C22H32/c1-5-17(6-1)18(7-2-8-18)21(13-14-21)20(11-4-12-20)22(15-16-22)19(17)9-3-10-19/h1-16H2. The molecule has 0 N–H and O–H groups in total. The van der Waals surface area contributed by atoms with Crippen LogP contribution in [0.3, 0.4) is 0 Å². The normalized spacial score (nSPS) is 43.6. The number of fused-ring (bicyclic) bond motifs is 6. The zero-order chi connectivity index (χ0) is 14.3. The van der Waals surface area contributed by atoms with Gasteiger partial charge in [-0.05, 0) is 110 Å². The molecule has 7 rings (SSSR count). The Labute approximate surface area is 135 Å². The van der Waals surface area contributed by atoms with Crippen LogP contribution in [0.1, 0.15) is 103 Å². The predicted molar refractivity (Wildman–Crippen MR) is 88.5 cm³/mol. The lowest BCUT2D eigenvalue weighted by Gasteiger charge is -2.85. The topological polar surface area (TPSA) is 0 Å². The molecule has 7 fully saturated rings. The van der Waals surface area contributed by atoms with Crippen LogP contribution in [0.25, 0.3) is 0 Å². The van der Waals surface area contributed by atoms with Crippen LogP contribution < -0.4 is 0 Å². The third-order valence-electron chi connectivity index (χ3n) is 11.8.